The Morgan fingerprint density at radius 3 is 2.18 bits per heavy atom. The Morgan fingerprint density at radius 2 is 1.52 bits per heavy atom. The molecule has 0 aliphatic heterocycles. The first kappa shape index (κ1) is 26.0. The Hall–Kier alpha value is -1.57. The predicted molar refractivity (Wildman–Crippen MR) is 139 cm³/mol. The van der Waals surface area contributed by atoms with Crippen molar-refractivity contribution in [1.29, 1.82) is 0 Å². The number of carbonyl (C=O) groups is 1. The van der Waals surface area contributed by atoms with Crippen molar-refractivity contribution in [3.8, 4) is 5.75 Å². The van der Waals surface area contributed by atoms with Gasteiger partial charge >= 0.3 is 5.97 Å². The normalized spacial score (nSPS) is 25.9. The fourth-order valence-electron chi connectivity index (χ4n) is 5.91. The van der Waals surface area contributed by atoms with E-state index in [0.717, 1.165) is 43.4 Å². The summed E-state index contributed by atoms with van der Waals surface area (Å²) in [7, 11) is 0. The van der Waals surface area contributed by atoms with E-state index in [9.17, 15) is 4.79 Å². The zero-order valence-electron chi connectivity index (χ0n) is 21.4. The molecular weight excluding hydrogens is 404 g/mol. The van der Waals surface area contributed by atoms with Crippen molar-refractivity contribution in [3.05, 3.63) is 42.0 Å². The van der Waals surface area contributed by atoms with Crippen LogP contribution < -0.4 is 4.74 Å². The number of allylic oxidation sites excluding steroid dienone is 2. The zero-order valence-corrected chi connectivity index (χ0v) is 21.4. The lowest BCUT2D eigenvalue weighted by molar-refractivity contribution is -0.140. The van der Waals surface area contributed by atoms with Gasteiger partial charge in [0.05, 0.1) is 5.92 Å². The number of rotatable bonds is 12. The maximum absolute atomic E-state index is 12.5. The smallest absolute Gasteiger partial charge is 0.314 e. The summed E-state index contributed by atoms with van der Waals surface area (Å²) in [6, 6.07) is 8.19. The summed E-state index contributed by atoms with van der Waals surface area (Å²) in [5.74, 6) is 3.37. The van der Waals surface area contributed by atoms with Crippen LogP contribution in [0.4, 0.5) is 0 Å². The summed E-state index contributed by atoms with van der Waals surface area (Å²) < 4.78 is 5.70. The number of carbonyl (C=O) groups excluding carboxylic acids is 1. The molecule has 2 aliphatic carbocycles. The van der Waals surface area contributed by atoms with Crippen LogP contribution in [0.1, 0.15) is 116 Å². The average molecular weight is 453 g/mol. The van der Waals surface area contributed by atoms with E-state index in [1.807, 2.05) is 12.1 Å². The number of hydrogen-bond donors (Lipinski definition) is 0. The number of unbranched alkanes of at least 4 members (excludes halogenated alkanes) is 2. The summed E-state index contributed by atoms with van der Waals surface area (Å²) >= 11 is 0. The first-order valence-electron chi connectivity index (χ1n) is 14.1. The third-order valence-corrected chi connectivity index (χ3v) is 8.13. The van der Waals surface area contributed by atoms with Crippen LogP contribution in [0.15, 0.2) is 36.4 Å². The molecule has 0 unspecified atom stereocenters. The van der Waals surface area contributed by atoms with Crippen LogP contribution in [0.3, 0.4) is 0 Å². The number of hydrogen-bond acceptors (Lipinski definition) is 2. The lowest BCUT2D eigenvalue weighted by atomic mass is 9.79. The van der Waals surface area contributed by atoms with Crippen LogP contribution in [-0.4, -0.2) is 5.97 Å². The summed E-state index contributed by atoms with van der Waals surface area (Å²) in [5, 5.41) is 0. The van der Waals surface area contributed by atoms with E-state index in [2.05, 4.69) is 38.1 Å². The van der Waals surface area contributed by atoms with Gasteiger partial charge in [0, 0.05) is 0 Å². The molecule has 0 heterocycles. The van der Waals surface area contributed by atoms with E-state index >= 15 is 0 Å². The van der Waals surface area contributed by atoms with Gasteiger partial charge in [-0.05, 0) is 99.7 Å². The molecule has 0 aromatic heterocycles. The minimum atomic E-state index is -0.0271. The molecule has 33 heavy (non-hydrogen) atoms. The predicted octanol–water partition coefficient (Wildman–Crippen LogP) is 9.07. The van der Waals surface area contributed by atoms with Crippen molar-refractivity contribution >= 4 is 5.97 Å². The van der Waals surface area contributed by atoms with Crippen LogP contribution in [0.2, 0.25) is 0 Å². The van der Waals surface area contributed by atoms with E-state index in [1.54, 1.807) is 0 Å². The van der Waals surface area contributed by atoms with Crippen LogP contribution in [0.25, 0.3) is 0 Å². The van der Waals surface area contributed by atoms with E-state index in [1.165, 1.54) is 82.6 Å². The molecule has 0 bridgehead atoms. The molecule has 2 heteroatoms. The van der Waals surface area contributed by atoms with E-state index in [-0.39, 0.29) is 11.9 Å². The van der Waals surface area contributed by atoms with Crippen molar-refractivity contribution in [2.45, 2.75) is 117 Å². The van der Waals surface area contributed by atoms with E-state index in [4.69, 9.17) is 4.74 Å². The van der Waals surface area contributed by atoms with Gasteiger partial charge in [-0.2, -0.15) is 0 Å². The van der Waals surface area contributed by atoms with Gasteiger partial charge < -0.3 is 4.74 Å². The highest BCUT2D eigenvalue weighted by Crippen LogP contribution is 2.33. The Labute approximate surface area is 203 Å². The minimum absolute atomic E-state index is 0.0271. The molecule has 2 saturated carbocycles. The molecule has 0 radical (unpaired) electrons. The molecule has 2 aliphatic rings. The number of benzene rings is 1. The molecule has 0 saturated heterocycles. The topological polar surface area (TPSA) is 26.3 Å². The van der Waals surface area contributed by atoms with Crippen molar-refractivity contribution in [2.75, 3.05) is 0 Å². The molecule has 1 aromatic carbocycles. The summed E-state index contributed by atoms with van der Waals surface area (Å²) in [4.78, 5) is 12.5. The molecule has 2 nitrogen and oxygen atoms in total. The Balaban J connectivity index is 1.31. The molecule has 0 spiro atoms. The highest BCUT2D eigenvalue weighted by atomic mass is 16.5. The lowest BCUT2D eigenvalue weighted by Gasteiger charge is -2.26. The monoisotopic (exact) mass is 452 g/mol. The molecule has 3 rings (SSSR count). The van der Waals surface area contributed by atoms with Gasteiger partial charge in [0.2, 0.25) is 0 Å². The number of aryl methyl sites for hydroxylation is 1. The minimum Gasteiger partial charge on any atom is -0.426 e. The third-order valence-electron chi connectivity index (χ3n) is 8.13. The molecule has 2 fully saturated rings. The summed E-state index contributed by atoms with van der Waals surface area (Å²) in [6.45, 7) is 4.55. The first-order valence-corrected chi connectivity index (χ1v) is 14.1. The quantitative estimate of drug-likeness (QED) is 0.137. The van der Waals surface area contributed by atoms with Crippen LogP contribution in [0.5, 0.6) is 5.75 Å². The van der Waals surface area contributed by atoms with E-state index in [0.29, 0.717) is 5.75 Å². The number of esters is 1. The molecule has 0 N–H and O–H groups in total. The Kier molecular flexibility index (Phi) is 11.6. The highest BCUT2D eigenvalue weighted by Gasteiger charge is 2.27. The highest BCUT2D eigenvalue weighted by molar-refractivity contribution is 5.75. The van der Waals surface area contributed by atoms with Gasteiger partial charge in [-0.1, -0.05) is 76.7 Å². The van der Waals surface area contributed by atoms with Gasteiger partial charge in [0.15, 0.2) is 0 Å². The number of ether oxygens (including phenoxy) is 1. The average Bonchev–Trinajstić information content (AvgIpc) is 2.84. The first-order chi connectivity index (χ1) is 16.2. The molecule has 1 aromatic rings. The van der Waals surface area contributed by atoms with Crippen molar-refractivity contribution in [3.63, 3.8) is 0 Å². The van der Waals surface area contributed by atoms with Gasteiger partial charge in [-0.15, -0.1) is 0 Å². The Morgan fingerprint density at radius 1 is 0.848 bits per heavy atom. The molecule has 0 amide bonds. The zero-order chi connectivity index (χ0) is 23.3. The largest absolute Gasteiger partial charge is 0.426 e. The fraction of sp³-hybridized carbons (Fsp3) is 0.710. The molecule has 0 atom stereocenters. The van der Waals surface area contributed by atoms with Crippen molar-refractivity contribution in [2.24, 2.45) is 23.7 Å². The van der Waals surface area contributed by atoms with Gasteiger partial charge in [0.25, 0.3) is 0 Å². The van der Waals surface area contributed by atoms with Crippen molar-refractivity contribution < 1.29 is 9.53 Å². The van der Waals surface area contributed by atoms with Crippen molar-refractivity contribution in [1.82, 2.24) is 0 Å². The van der Waals surface area contributed by atoms with Crippen LogP contribution in [0, 0.1) is 23.7 Å². The summed E-state index contributed by atoms with van der Waals surface area (Å²) in [5.41, 5.74) is 1.32. The maximum Gasteiger partial charge on any atom is 0.314 e. The second-order valence-electron chi connectivity index (χ2n) is 10.8. The standard InChI is InChI=1S/C31H48O2/c1-3-5-6-10-26-13-15-27(16-14-26)11-7-8-12-28-19-23-30(24-20-28)33-31(32)29-21-17-25(9-4-2)18-22-29/h7,11,19-20,23-27,29H,3-6,8-10,12-18,21-22H2,1-2H3/t25-,26-,27-,29-. The van der Waals surface area contributed by atoms with Gasteiger partial charge in [0.1, 0.15) is 5.75 Å². The van der Waals surface area contributed by atoms with Gasteiger partial charge in [-0.25, -0.2) is 0 Å². The fourth-order valence-corrected chi connectivity index (χ4v) is 5.91. The van der Waals surface area contributed by atoms with E-state index < -0.39 is 0 Å². The van der Waals surface area contributed by atoms with Gasteiger partial charge in [-0.3, -0.25) is 4.79 Å². The second kappa shape index (κ2) is 14.6. The molecular formula is C31H48O2. The summed E-state index contributed by atoms with van der Waals surface area (Å²) in [6.07, 6.45) is 25.2. The van der Waals surface area contributed by atoms with Crippen LogP contribution >= 0.6 is 0 Å². The second-order valence-corrected chi connectivity index (χ2v) is 10.8. The third kappa shape index (κ3) is 9.30. The molecule has 184 valence electrons. The van der Waals surface area contributed by atoms with Crippen LogP contribution in [-0.2, 0) is 11.2 Å². The lowest BCUT2D eigenvalue weighted by Crippen LogP contribution is -2.25. The maximum atomic E-state index is 12.5. The Bertz CT molecular complexity index is 688. The SMILES string of the molecule is CCCCC[C@H]1CC[C@H](C=CCCc2ccc(OC(=O)[C@H]3CC[C@H](CCC)CC3)cc2)CC1.